The first-order valence-corrected chi connectivity index (χ1v) is 15.0. The molecule has 48 heavy (non-hydrogen) atoms. The van der Waals surface area contributed by atoms with Crippen molar-refractivity contribution in [2.75, 3.05) is 13.2 Å². The first kappa shape index (κ1) is 39.0. The number of hydrogen-bond acceptors (Lipinski definition) is 10. The number of carbonyl (C=O) groups is 2. The fourth-order valence-corrected chi connectivity index (χ4v) is 4.79. The van der Waals surface area contributed by atoms with Crippen LogP contribution in [0.1, 0.15) is 12.0 Å². The van der Waals surface area contributed by atoms with Crippen LogP contribution < -0.4 is 25.4 Å². The Morgan fingerprint density at radius 3 is 2.12 bits per heavy atom. The van der Waals surface area contributed by atoms with E-state index in [2.05, 4.69) is 10.2 Å². The van der Waals surface area contributed by atoms with Gasteiger partial charge in [-0.05, 0) is 54.4 Å². The van der Waals surface area contributed by atoms with E-state index in [1.807, 2.05) is 0 Å². The summed E-state index contributed by atoms with van der Waals surface area (Å²) in [6.07, 6.45) is -4.71. The van der Waals surface area contributed by atoms with E-state index in [9.17, 15) is 41.6 Å². The molecule has 0 amide bonds. The van der Waals surface area contributed by atoms with Gasteiger partial charge in [0.05, 0.1) is 28.1 Å². The highest BCUT2D eigenvalue weighted by Gasteiger charge is 2.38. The van der Waals surface area contributed by atoms with Crippen molar-refractivity contribution in [1.29, 1.82) is 5.41 Å². The Balaban J connectivity index is 0.00000103. The van der Waals surface area contributed by atoms with Gasteiger partial charge in [0.2, 0.25) is 21.7 Å². The van der Waals surface area contributed by atoms with Gasteiger partial charge in [-0.1, -0.05) is 29.8 Å². The van der Waals surface area contributed by atoms with Crippen LogP contribution in [0.15, 0.2) is 71.6 Å². The van der Waals surface area contributed by atoms with Crippen LogP contribution in [0, 0.1) is 15.5 Å². The van der Waals surface area contributed by atoms with Crippen molar-refractivity contribution in [2.45, 2.75) is 30.0 Å². The van der Waals surface area contributed by atoms with Gasteiger partial charge in [-0.2, -0.15) is 17.9 Å². The molecule has 0 aliphatic heterocycles. The van der Waals surface area contributed by atoms with E-state index < -0.39 is 39.1 Å². The molecule has 1 atom stereocenters. The van der Waals surface area contributed by atoms with Crippen LogP contribution in [-0.4, -0.2) is 66.9 Å². The van der Waals surface area contributed by atoms with Gasteiger partial charge in [0.1, 0.15) is 17.5 Å². The summed E-state index contributed by atoms with van der Waals surface area (Å²) in [7, 11) is -4.26. The van der Waals surface area contributed by atoms with Crippen LogP contribution in [0.2, 0.25) is 5.02 Å². The number of nitrogens with zero attached hydrogens (tertiary/aromatic N) is 1. The number of hydroxylamine groups is 1. The van der Waals surface area contributed by atoms with Crippen molar-refractivity contribution in [1.82, 2.24) is 10.2 Å². The molecule has 0 fully saturated rings. The second kappa shape index (κ2) is 17.7. The predicted octanol–water partition coefficient (Wildman–Crippen LogP) is 3.83. The minimum Gasteiger partial charge on any atom is -0.494 e. The smallest absolute Gasteiger partial charge is 0.490 e. The number of carboxylic acid groups (broad SMARTS) is 2. The number of aliphatic carboxylic acids is 2. The lowest BCUT2D eigenvalue weighted by Crippen LogP contribution is -2.42. The summed E-state index contributed by atoms with van der Waals surface area (Å²) in [5, 5.41) is 35.0. The third-order valence-electron chi connectivity index (χ3n) is 5.54. The number of alkyl halides is 3. The minimum absolute atomic E-state index is 0.00485. The summed E-state index contributed by atoms with van der Waals surface area (Å²) >= 11 is 6.02. The number of nitro benzene ring substituents is 1. The average Bonchev–Trinajstić information content (AvgIpc) is 3.00. The molecule has 0 aliphatic carbocycles. The number of sulfonamides is 1. The third-order valence-corrected chi connectivity index (χ3v) is 7.32. The van der Waals surface area contributed by atoms with E-state index in [0.717, 1.165) is 0 Å². The summed E-state index contributed by atoms with van der Waals surface area (Å²) in [5.74, 6) is -4.05. The molecule has 0 aromatic heterocycles. The zero-order chi connectivity index (χ0) is 36.1. The Morgan fingerprint density at radius 1 is 1.02 bits per heavy atom. The molecule has 3 aromatic carbocycles. The summed E-state index contributed by atoms with van der Waals surface area (Å²) < 4.78 is 70.8. The molecule has 0 saturated heterocycles. The van der Waals surface area contributed by atoms with E-state index in [1.54, 1.807) is 24.3 Å². The number of halogens is 4. The lowest BCUT2D eigenvalue weighted by atomic mass is 10.1. The number of rotatable bonds is 15. The Bertz CT molecular complexity index is 1690. The zero-order valence-electron chi connectivity index (χ0n) is 24.3. The van der Waals surface area contributed by atoms with Gasteiger partial charge in [-0.15, -0.1) is 0 Å². The number of hydrogen-bond donors (Lipinski definition) is 6. The molecule has 0 aliphatic rings. The van der Waals surface area contributed by atoms with E-state index in [0.29, 0.717) is 24.3 Å². The molecular weight excluding hydrogens is 695 g/mol. The standard InChI is InChI=1S/C25H26ClN5O9S.C2HF3O2/c26-20-3-1-4-22(31(34)35)23(20)40-18-9-11-19(12-10-18)41(36,37)30-21(24(32)33)15-16-5-7-17(8-6-16)38-13-2-14-39-29-25(27)28;3-2(4,5)1(6)7/h1,3-12,21,30H,2,13-15H2,(H,32,33)(H4,27,28,29);(H,6,7)/t21-;/m0./s1. The molecule has 16 nitrogen and oxygen atoms in total. The first-order chi connectivity index (χ1) is 22.4. The minimum atomic E-state index is -5.08. The molecule has 0 spiro atoms. The quantitative estimate of drug-likeness (QED) is 0.0429. The van der Waals surface area contributed by atoms with Crippen molar-refractivity contribution < 1.29 is 60.6 Å². The van der Waals surface area contributed by atoms with Crippen LogP contribution >= 0.6 is 11.6 Å². The average molecular weight is 722 g/mol. The van der Waals surface area contributed by atoms with Gasteiger partial charge >= 0.3 is 23.8 Å². The Morgan fingerprint density at radius 2 is 1.60 bits per heavy atom. The van der Waals surface area contributed by atoms with E-state index >= 15 is 0 Å². The number of nitrogens with two attached hydrogens (primary N) is 1. The van der Waals surface area contributed by atoms with Gasteiger partial charge in [-0.25, -0.2) is 18.7 Å². The molecule has 3 aromatic rings. The summed E-state index contributed by atoms with van der Waals surface area (Å²) in [6, 6.07) is 13.9. The van der Waals surface area contributed by atoms with E-state index in [-0.39, 0.29) is 46.1 Å². The molecule has 0 unspecified atom stereocenters. The van der Waals surface area contributed by atoms with Gasteiger partial charge in [0, 0.05) is 12.5 Å². The van der Waals surface area contributed by atoms with Crippen molar-refractivity contribution in [3.8, 4) is 17.2 Å². The maximum Gasteiger partial charge on any atom is 0.490 e. The van der Waals surface area contributed by atoms with Crippen LogP contribution in [0.4, 0.5) is 18.9 Å². The highest BCUT2D eigenvalue weighted by Crippen LogP contribution is 2.37. The number of para-hydroxylation sites is 1. The second-order valence-electron chi connectivity index (χ2n) is 9.15. The molecular formula is C27H27ClF3N5O11S. The van der Waals surface area contributed by atoms with Gasteiger partial charge in [0.25, 0.3) is 0 Å². The highest BCUT2D eigenvalue weighted by molar-refractivity contribution is 7.89. The van der Waals surface area contributed by atoms with Gasteiger partial charge in [-0.3, -0.25) is 25.2 Å². The van der Waals surface area contributed by atoms with Crippen molar-refractivity contribution >= 4 is 45.2 Å². The monoisotopic (exact) mass is 721 g/mol. The zero-order valence-corrected chi connectivity index (χ0v) is 25.8. The van der Waals surface area contributed by atoms with Crippen LogP contribution in [0.25, 0.3) is 0 Å². The number of guanidine groups is 1. The Kier molecular flexibility index (Phi) is 14.3. The van der Waals surface area contributed by atoms with E-state index in [4.69, 9.17) is 47.0 Å². The van der Waals surface area contributed by atoms with Crippen molar-refractivity contribution in [3.63, 3.8) is 0 Å². The number of nitro groups is 1. The number of benzene rings is 3. The fourth-order valence-electron chi connectivity index (χ4n) is 3.39. The fraction of sp³-hybridized carbons (Fsp3) is 0.222. The number of ether oxygens (including phenoxy) is 2. The normalized spacial score (nSPS) is 11.8. The summed E-state index contributed by atoms with van der Waals surface area (Å²) in [4.78, 5) is 36.0. The maximum atomic E-state index is 12.9. The van der Waals surface area contributed by atoms with Crippen LogP contribution in [0.5, 0.6) is 17.2 Å². The summed E-state index contributed by atoms with van der Waals surface area (Å²) in [6.45, 7) is 0.577. The van der Waals surface area contributed by atoms with Crippen LogP contribution in [0.3, 0.4) is 0 Å². The first-order valence-electron chi connectivity index (χ1n) is 13.1. The molecule has 260 valence electrons. The topological polar surface area (TPSA) is 253 Å². The van der Waals surface area contributed by atoms with Crippen molar-refractivity contribution in [2.24, 2.45) is 5.73 Å². The molecule has 21 heteroatoms. The third kappa shape index (κ3) is 12.9. The highest BCUT2D eigenvalue weighted by atomic mass is 35.5. The van der Waals surface area contributed by atoms with Gasteiger partial charge in [0.15, 0.2) is 0 Å². The van der Waals surface area contributed by atoms with E-state index in [1.165, 1.54) is 42.5 Å². The molecule has 7 N–H and O–H groups in total. The lowest BCUT2D eigenvalue weighted by Gasteiger charge is -2.16. The molecule has 0 saturated carbocycles. The maximum absolute atomic E-state index is 12.9. The molecule has 3 rings (SSSR count). The molecule has 0 radical (unpaired) electrons. The second-order valence-corrected chi connectivity index (χ2v) is 11.3. The summed E-state index contributed by atoms with van der Waals surface area (Å²) in [5.41, 5.74) is 7.47. The van der Waals surface area contributed by atoms with Crippen LogP contribution in [-0.2, 0) is 30.9 Å². The SMILES string of the molecule is N=C(N)NOCCCOc1ccc(C[C@H](NS(=O)(=O)c2ccc(Oc3c(Cl)cccc3[N+](=O)[O-])cc2)C(=O)O)cc1.O=C(O)C(F)(F)F. The molecule has 0 heterocycles. The number of carboxylic acids is 2. The predicted molar refractivity (Wildman–Crippen MR) is 161 cm³/mol. The van der Waals surface area contributed by atoms with Gasteiger partial charge < -0.3 is 25.4 Å². The Labute approximate surface area is 274 Å². The molecule has 0 bridgehead atoms. The number of nitrogens with one attached hydrogen (secondary N) is 3. The van der Waals surface area contributed by atoms with Crippen molar-refractivity contribution in [3.05, 3.63) is 87.4 Å². The lowest BCUT2D eigenvalue weighted by molar-refractivity contribution is -0.385. The Hall–Kier alpha value is -5.18. The largest absolute Gasteiger partial charge is 0.494 e.